The lowest BCUT2D eigenvalue weighted by molar-refractivity contribution is -0.0981. The Morgan fingerprint density at radius 1 is 1.13 bits per heavy atom. The zero-order valence-corrected chi connectivity index (χ0v) is 14.4. The van der Waals surface area contributed by atoms with Gasteiger partial charge in [-0.2, -0.15) is 0 Å². The molecule has 0 atom stereocenters. The number of rotatable bonds is 3. The molecule has 1 saturated heterocycles. The van der Waals surface area contributed by atoms with Crippen molar-refractivity contribution in [3.05, 3.63) is 0 Å². The largest absolute Gasteiger partial charge is 0.465 e. The first kappa shape index (κ1) is 17.8. The third-order valence-electron chi connectivity index (χ3n) is 4.40. The number of carbonyl (C=O) groups excluding carboxylic acids is 1. The Bertz CT molecular complexity index is 434. The van der Waals surface area contributed by atoms with Crippen LogP contribution in [0.15, 0.2) is 0 Å². The molecule has 1 N–H and O–H groups in total. The monoisotopic (exact) mass is 328 g/mol. The fourth-order valence-corrected chi connectivity index (χ4v) is 2.90. The minimum Gasteiger partial charge on any atom is -0.465 e. The van der Waals surface area contributed by atoms with Crippen molar-refractivity contribution in [2.45, 2.75) is 70.3 Å². The third kappa shape index (κ3) is 4.99. The standard InChI is InChI=1S/C16H28N2O5/c1-16(2,3)23-15(21)17(4)11-9-13(10-11)22-12-5-7-18(8-6-12)14(19)20/h11-13H,5-10H2,1-4H3,(H,19,20). The van der Waals surface area contributed by atoms with E-state index in [1.807, 2.05) is 20.8 Å². The molecule has 0 aromatic carbocycles. The topological polar surface area (TPSA) is 79.3 Å². The summed E-state index contributed by atoms with van der Waals surface area (Å²) >= 11 is 0. The van der Waals surface area contributed by atoms with Crippen LogP contribution in [0.5, 0.6) is 0 Å². The molecule has 1 heterocycles. The predicted molar refractivity (Wildman–Crippen MR) is 84.5 cm³/mol. The maximum atomic E-state index is 12.0. The Labute approximate surface area is 137 Å². The second-order valence-corrected chi connectivity index (χ2v) is 7.44. The van der Waals surface area contributed by atoms with Crippen LogP contribution < -0.4 is 0 Å². The number of hydrogen-bond acceptors (Lipinski definition) is 4. The summed E-state index contributed by atoms with van der Waals surface area (Å²) < 4.78 is 11.4. The Morgan fingerprint density at radius 2 is 1.70 bits per heavy atom. The average molecular weight is 328 g/mol. The van der Waals surface area contributed by atoms with Crippen LogP contribution in [0.3, 0.4) is 0 Å². The number of carboxylic acid groups (broad SMARTS) is 1. The first-order valence-electron chi connectivity index (χ1n) is 8.25. The summed E-state index contributed by atoms with van der Waals surface area (Å²) in [6.07, 6.45) is 2.26. The highest BCUT2D eigenvalue weighted by Gasteiger charge is 2.38. The van der Waals surface area contributed by atoms with E-state index in [1.54, 1.807) is 11.9 Å². The molecule has 0 radical (unpaired) electrons. The lowest BCUT2D eigenvalue weighted by atomic mass is 9.88. The van der Waals surface area contributed by atoms with Crippen LogP contribution in [-0.2, 0) is 9.47 Å². The summed E-state index contributed by atoms with van der Waals surface area (Å²) in [4.78, 5) is 25.9. The summed E-state index contributed by atoms with van der Waals surface area (Å²) in [5.74, 6) is 0. The van der Waals surface area contributed by atoms with Gasteiger partial charge in [-0.15, -0.1) is 0 Å². The van der Waals surface area contributed by atoms with Crippen LogP contribution in [0.4, 0.5) is 9.59 Å². The summed E-state index contributed by atoms with van der Waals surface area (Å²) in [6.45, 7) is 6.64. The minimum atomic E-state index is -0.855. The summed E-state index contributed by atoms with van der Waals surface area (Å²) in [7, 11) is 1.76. The molecule has 1 saturated carbocycles. The zero-order chi connectivity index (χ0) is 17.2. The smallest absolute Gasteiger partial charge is 0.410 e. The highest BCUT2D eigenvalue weighted by Crippen LogP contribution is 2.31. The fraction of sp³-hybridized carbons (Fsp3) is 0.875. The molecule has 0 unspecified atom stereocenters. The van der Waals surface area contributed by atoms with Crippen molar-refractivity contribution >= 4 is 12.2 Å². The molecule has 132 valence electrons. The molecular formula is C16H28N2O5. The summed E-state index contributed by atoms with van der Waals surface area (Å²) in [5.41, 5.74) is -0.483. The number of carbonyl (C=O) groups is 2. The van der Waals surface area contributed by atoms with Gasteiger partial charge in [0.1, 0.15) is 5.60 Å². The van der Waals surface area contributed by atoms with E-state index in [0.717, 1.165) is 25.7 Å². The molecule has 0 bridgehead atoms. The van der Waals surface area contributed by atoms with E-state index in [4.69, 9.17) is 14.6 Å². The van der Waals surface area contributed by atoms with Crippen LogP contribution in [-0.4, -0.2) is 71.1 Å². The Balaban J connectivity index is 1.67. The molecule has 2 rings (SSSR count). The van der Waals surface area contributed by atoms with Crippen molar-refractivity contribution in [3.8, 4) is 0 Å². The average Bonchev–Trinajstić information content (AvgIpc) is 2.40. The number of likely N-dealkylation sites (tertiary alicyclic amines) is 1. The number of nitrogens with zero attached hydrogens (tertiary/aromatic N) is 2. The molecule has 2 fully saturated rings. The number of piperidine rings is 1. The number of hydrogen-bond donors (Lipinski definition) is 1. The van der Waals surface area contributed by atoms with Crippen molar-refractivity contribution in [2.75, 3.05) is 20.1 Å². The van der Waals surface area contributed by atoms with Crippen molar-refractivity contribution in [1.29, 1.82) is 0 Å². The Kier molecular flexibility index (Phi) is 5.39. The molecule has 0 spiro atoms. The Morgan fingerprint density at radius 3 is 2.17 bits per heavy atom. The first-order valence-corrected chi connectivity index (χ1v) is 8.25. The van der Waals surface area contributed by atoms with Crippen LogP contribution in [0, 0.1) is 0 Å². The van der Waals surface area contributed by atoms with Crippen molar-refractivity contribution < 1.29 is 24.2 Å². The van der Waals surface area contributed by atoms with Gasteiger partial charge in [0.05, 0.1) is 12.2 Å². The lowest BCUT2D eigenvalue weighted by Crippen LogP contribution is -2.51. The van der Waals surface area contributed by atoms with Crippen molar-refractivity contribution in [1.82, 2.24) is 9.80 Å². The number of amides is 2. The van der Waals surface area contributed by atoms with Crippen molar-refractivity contribution in [3.63, 3.8) is 0 Å². The van der Waals surface area contributed by atoms with Gasteiger partial charge in [0, 0.05) is 26.2 Å². The molecule has 2 aliphatic rings. The molecule has 0 aromatic rings. The summed E-state index contributed by atoms with van der Waals surface area (Å²) in [5, 5.41) is 8.93. The van der Waals surface area contributed by atoms with Gasteiger partial charge in [-0.3, -0.25) is 0 Å². The van der Waals surface area contributed by atoms with Gasteiger partial charge in [-0.1, -0.05) is 0 Å². The van der Waals surface area contributed by atoms with E-state index < -0.39 is 11.7 Å². The van der Waals surface area contributed by atoms with E-state index in [0.29, 0.717) is 13.1 Å². The van der Waals surface area contributed by atoms with E-state index in [9.17, 15) is 9.59 Å². The van der Waals surface area contributed by atoms with Gasteiger partial charge in [-0.05, 0) is 46.5 Å². The first-order chi connectivity index (χ1) is 10.7. The molecule has 2 amide bonds. The van der Waals surface area contributed by atoms with E-state index >= 15 is 0 Å². The minimum absolute atomic E-state index is 0.128. The molecule has 7 nitrogen and oxygen atoms in total. The molecule has 7 heteroatoms. The van der Waals surface area contributed by atoms with Gasteiger partial charge < -0.3 is 24.4 Å². The summed E-state index contributed by atoms with van der Waals surface area (Å²) in [6, 6.07) is 0.161. The molecule has 1 aliphatic heterocycles. The maximum Gasteiger partial charge on any atom is 0.410 e. The van der Waals surface area contributed by atoms with Gasteiger partial charge in [-0.25, -0.2) is 9.59 Å². The van der Waals surface area contributed by atoms with Crippen molar-refractivity contribution in [2.24, 2.45) is 0 Å². The molecule has 0 aromatic heterocycles. The second kappa shape index (κ2) is 6.95. The van der Waals surface area contributed by atoms with Gasteiger partial charge in [0.2, 0.25) is 0 Å². The van der Waals surface area contributed by atoms with Gasteiger partial charge in [0.25, 0.3) is 0 Å². The predicted octanol–water partition coefficient (Wildman–Crippen LogP) is 2.54. The highest BCUT2D eigenvalue weighted by atomic mass is 16.6. The molecule has 23 heavy (non-hydrogen) atoms. The molecular weight excluding hydrogens is 300 g/mol. The fourth-order valence-electron chi connectivity index (χ4n) is 2.90. The van der Waals surface area contributed by atoms with Gasteiger partial charge in [0.15, 0.2) is 0 Å². The second-order valence-electron chi connectivity index (χ2n) is 7.44. The zero-order valence-electron chi connectivity index (χ0n) is 14.4. The van der Waals surface area contributed by atoms with E-state index in [2.05, 4.69) is 0 Å². The normalized spacial score (nSPS) is 25.7. The SMILES string of the molecule is CN(C(=O)OC(C)(C)C)C1CC(OC2CCN(C(=O)O)CC2)C1. The van der Waals surface area contributed by atoms with Crippen LogP contribution >= 0.6 is 0 Å². The highest BCUT2D eigenvalue weighted by molar-refractivity contribution is 5.68. The van der Waals surface area contributed by atoms with Crippen LogP contribution in [0.2, 0.25) is 0 Å². The third-order valence-corrected chi connectivity index (χ3v) is 4.40. The van der Waals surface area contributed by atoms with E-state index in [1.165, 1.54) is 4.90 Å². The van der Waals surface area contributed by atoms with E-state index in [-0.39, 0.29) is 24.3 Å². The maximum absolute atomic E-state index is 12.0. The molecule has 1 aliphatic carbocycles. The quantitative estimate of drug-likeness (QED) is 0.861. The van der Waals surface area contributed by atoms with Gasteiger partial charge >= 0.3 is 12.2 Å². The lowest BCUT2D eigenvalue weighted by Gasteiger charge is -2.43. The number of ether oxygens (including phenoxy) is 2. The Hall–Kier alpha value is -1.50. The van der Waals surface area contributed by atoms with Crippen LogP contribution in [0.25, 0.3) is 0 Å². The van der Waals surface area contributed by atoms with Crippen LogP contribution in [0.1, 0.15) is 46.5 Å².